The van der Waals surface area contributed by atoms with Crippen molar-refractivity contribution in [2.45, 2.75) is 84.3 Å². The number of fused-ring (bicyclic) bond motifs is 5. The van der Waals surface area contributed by atoms with Crippen LogP contribution in [0.2, 0.25) is 0 Å². The molecule has 1 N–H and O–H groups in total. The van der Waals surface area contributed by atoms with Crippen molar-refractivity contribution >= 4 is 5.78 Å². The van der Waals surface area contributed by atoms with Gasteiger partial charge in [0, 0.05) is 12.1 Å². The summed E-state index contributed by atoms with van der Waals surface area (Å²) in [6, 6.07) is 2.10. The molecule has 0 bridgehead atoms. The summed E-state index contributed by atoms with van der Waals surface area (Å²) in [5, 5.41) is 23.9. The highest BCUT2D eigenvalue weighted by Crippen LogP contribution is 2.66. The molecule has 1 unspecified atom stereocenters. The van der Waals surface area contributed by atoms with Gasteiger partial charge in [0.05, 0.1) is 23.9 Å². The molecule has 168 valence electrons. The Bertz CT molecular complexity index is 899. The van der Waals surface area contributed by atoms with Crippen LogP contribution in [0.25, 0.3) is 0 Å². The van der Waals surface area contributed by atoms with Crippen LogP contribution in [0.5, 0.6) is 0 Å². The third-order valence-corrected chi connectivity index (χ3v) is 10.0. The topological polar surface area (TPSA) is 78.9 Å². The smallest absolute Gasteiger partial charge is 0.157 e. The van der Waals surface area contributed by atoms with E-state index in [2.05, 4.69) is 25.0 Å². The highest BCUT2D eigenvalue weighted by molar-refractivity contribution is 5.82. The average Bonchev–Trinajstić information content (AvgIpc) is 3.28. The van der Waals surface area contributed by atoms with Crippen LogP contribution in [-0.4, -0.2) is 26.3 Å². The standard InChI is InChI=1S/C26H37N3O2/c1-16-10-22(23(30)15-29-14-17(12-27)13-28-29)26(3)9-7-20-19-6-8-25(2,31)11-18(19)4-5-21(20)24(16)26/h13-14,16,18-22,24,31H,4-11,15H2,1-3H3/t16-,18-,19?,20-,21-,22-,24+,25-,26-/m1/s1. The predicted octanol–water partition coefficient (Wildman–Crippen LogP) is 4.59. The number of aliphatic hydroxyl groups is 1. The average molecular weight is 424 g/mol. The number of nitriles is 1. The molecule has 1 heterocycles. The van der Waals surface area contributed by atoms with Crippen LogP contribution in [0.4, 0.5) is 0 Å². The lowest BCUT2D eigenvalue weighted by Gasteiger charge is -2.57. The van der Waals surface area contributed by atoms with Gasteiger partial charge in [0.15, 0.2) is 5.78 Å². The molecule has 1 aromatic heterocycles. The molecule has 31 heavy (non-hydrogen) atoms. The second-order valence-corrected chi connectivity index (χ2v) is 11.9. The van der Waals surface area contributed by atoms with Gasteiger partial charge in [-0.3, -0.25) is 9.48 Å². The molecule has 0 aromatic carbocycles. The molecule has 5 nitrogen and oxygen atoms in total. The Labute approximate surface area is 186 Å². The summed E-state index contributed by atoms with van der Waals surface area (Å²) >= 11 is 0. The summed E-state index contributed by atoms with van der Waals surface area (Å²) in [6.45, 7) is 7.11. The third-order valence-electron chi connectivity index (χ3n) is 10.0. The lowest BCUT2D eigenvalue weighted by molar-refractivity contribution is -0.133. The Balaban J connectivity index is 1.34. The number of rotatable bonds is 3. The van der Waals surface area contributed by atoms with Crippen LogP contribution in [0, 0.1) is 58.2 Å². The molecule has 5 heteroatoms. The van der Waals surface area contributed by atoms with Gasteiger partial charge in [-0.2, -0.15) is 10.4 Å². The minimum Gasteiger partial charge on any atom is -0.390 e. The summed E-state index contributed by atoms with van der Waals surface area (Å²) < 4.78 is 1.65. The Morgan fingerprint density at radius 1 is 1.23 bits per heavy atom. The van der Waals surface area contributed by atoms with E-state index in [0.29, 0.717) is 29.1 Å². The van der Waals surface area contributed by atoms with Crippen molar-refractivity contribution in [2.75, 3.05) is 0 Å². The largest absolute Gasteiger partial charge is 0.390 e. The van der Waals surface area contributed by atoms with Crippen molar-refractivity contribution in [3.8, 4) is 6.07 Å². The number of Topliss-reactive ketones (excluding diaryl/α,β-unsaturated/α-hetero) is 1. The first-order chi connectivity index (χ1) is 14.7. The monoisotopic (exact) mass is 423 g/mol. The summed E-state index contributed by atoms with van der Waals surface area (Å²) in [4.78, 5) is 13.4. The first kappa shape index (κ1) is 21.2. The number of hydrogen-bond acceptors (Lipinski definition) is 4. The van der Waals surface area contributed by atoms with E-state index in [4.69, 9.17) is 5.26 Å². The van der Waals surface area contributed by atoms with Crippen molar-refractivity contribution in [3.63, 3.8) is 0 Å². The third kappa shape index (κ3) is 3.46. The van der Waals surface area contributed by atoms with Crippen LogP contribution >= 0.6 is 0 Å². The maximum atomic E-state index is 13.4. The number of ketones is 1. The summed E-state index contributed by atoms with van der Waals surface area (Å²) in [6.07, 6.45) is 12.3. The fourth-order valence-electron chi connectivity index (χ4n) is 8.90. The van der Waals surface area contributed by atoms with E-state index >= 15 is 0 Å². The number of carbonyl (C=O) groups excluding carboxylic acids is 1. The van der Waals surface area contributed by atoms with Crippen LogP contribution in [0.15, 0.2) is 12.4 Å². The van der Waals surface area contributed by atoms with E-state index in [1.807, 2.05) is 6.92 Å². The Kier molecular flexibility index (Phi) is 5.09. The van der Waals surface area contributed by atoms with Crippen molar-refractivity contribution in [3.05, 3.63) is 18.0 Å². The molecule has 0 amide bonds. The van der Waals surface area contributed by atoms with E-state index in [1.165, 1.54) is 25.7 Å². The van der Waals surface area contributed by atoms with Gasteiger partial charge in [0.25, 0.3) is 0 Å². The fourth-order valence-corrected chi connectivity index (χ4v) is 8.90. The normalized spacial score (nSPS) is 46.5. The van der Waals surface area contributed by atoms with E-state index in [1.54, 1.807) is 17.1 Å². The second kappa shape index (κ2) is 7.44. The zero-order valence-corrected chi connectivity index (χ0v) is 19.3. The summed E-state index contributed by atoms with van der Waals surface area (Å²) in [7, 11) is 0. The molecule has 4 aliphatic rings. The Morgan fingerprint density at radius 2 is 2.00 bits per heavy atom. The molecule has 1 aromatic rings. The first-order valence-electron chi connectivity index (χ1n) is 12.4. The molecule has 0 radical (unpaired) electrons. The Hall–Kier alpha value is -1.67. The molecule has 4 saturated carbocycles. The van der Waals surface area contributed by atoms with Gasteiger partial charge in [0.2, 0.25) is 0 Å². The molecule has 9 atom stereocenters. The van der Waals surface area contributed by atoms with Crippen molar-refractivity contribution < 1.29 is 9.90 Å². The molecule has 5 rings (SSSR count). The van der Waals surface area contributed by atoms with Gasteiger partial charge >= 0.3 is 0 Å². The maximum absolute atomic E-state index is 13.4. The van der Waals surface area contributed by atoms with Crippen LogP contribution in [-0.2, 0) is 11.3 Å². The highest BCUT2D eigenvalue weighted by Gasteiger charge is 2.60. The van der Waals surface area contributed by atoms with Gasteiger partial charge < -0.3 is 5.11 Å². The van der Waals surface area contributed by atoms with Gasteiger partial charge in [-0.15, -0.1) is 0 Å². The number of carbonyl (C=O) groups is 1. The lowest BCUT2D eigenvalue weighted by atomic mass is 9.48. The minimum absolute atomic E-state index is 0.0931. The van der Waals surface area contributed by atoms with Crippen LogP contribution in [0.1, 0.15) is 77.7 Å². The van der Waals surface area contributed by atoms with E-state index < -0.39 is 5.60 Å². The Morgan fingerprint density at radius 3 is 2.74 bits per heavy atom. The van der Waals surface area contributed by atoms with E-state index in [-0.39, 0.29) is 17.9 Å². The molecule has 4 aliphatic carbocycles. The molecule has 0 aliphatic heterocycles. The van der Waals surface area contributed by atoms with Gasteiger partial charge in [-0.1, -0.05) is 13.8 Å². The number of hydrogen-bond donors (Lipinski definition) is 1. The van der Waals surface area contributed by atoms with E-state index in [0.717, 1.165) is 43.4 Å². The molecular weight excluding hydrogens is 386 g/mol. The zero-order valence-electron chi connectivity index (χ0n) is 19.3. The maximum Gasteiger partial charge on any atom is 0.157 e. The lowest BCUT2D eigenvalue weighted by Crippen LogP contribution is -2.51. The van der Waals surface area contributed by atoms with Gasteiger partial charge in [-0.25, -0.2) is 0 Å². The molecular formula is C26H37N3O2. The molecule has 0 spiro atoms. The first-order valence-corrected chi connectivity index (χ1v) is 12.4. The fraction of sp³-hybridized carbons (Fsp3) is 0.808. The zero-order chi connectivity index (χ0) is 22.0. The quantitative estimate of drug-likeness (QED) is 0.771. The van der Waals surface area contributed by atoms with Crippen molar-refractivity contribution in [2.24, 2.45) is 46.8 Å². The van der Waals surface area contributed by atoms with Crippen molar-refractivity contribution in [1.82, 2.24) is 9.78 Å². The predicted molar refractivity (Wildman–Crippen MR) is 118 cm³/mol. The number of aromatic nitrogens is 2. The van der Waals surface area contributed by atoms with Crippen molar-refractivity contribution in [1.29, 1.82) is 5.26 Å². The summed E-state index contributed by atoms with van der Waals surface area (Å²) in [5.74, 6) is 4.62. The van der Waals surface area contributed by atoms with Gasteiger partial charge in [-0.05, 0) is 99.2 Å². The van der Waals surface area contributed by atoms with Crippen LogP contribution in [0.3, 0.4) is 0 Å². The highest BCUT2D eigenvalue weighted by atomic mass is 16.3. The van der Waals surface area contributed by atoms with E-state index in [9.17, 15) is 9.90 Å². The van der Waals surface area contributed by atoms with Gasteiger partial charge in [0.1, 0.15) is 6.07 Å². The molecule has 4 fully saturated rings. The van der Waals surface area contributed by atoms with Crippen LogP contribution < -0.4 is 0 Å². The number of nitrogens with zero attached hydrogens (tertiary/aromatic N) is 3. The molecule has 0 saturated heterocycles. The summed E-state index contributed by atoms with van der Waals surface area (Å²) in [5.41, 5.74) is 0.142. The minimum atomic E-state index is -0.465. The second-order valence-electron chi connectivity index (χ2n) is 11.9. The SMILES string of the molecule is C[C@@H]1C[C@H](C(=O)Cn2cc(C#N)cn2)[C@@]2(C)CC[C@@H]3C4CC[C@@](C)(O)C[C@H]4CC[C@H]3[C@H]12.